The number of hydrogen-bond acceptors (Lipinski definition) is 6. The summed E-state index contributed by atoms with van der Waals surface area (Å²) in [6.45, 7) is 1.19. The van der Waals surface area contributed by atoms with Crippen molar-refractivity contribution in [3.05, 3.63) is 87.6 Å². The average Bonchev–Trinajstić information content (AvgIpc) is 3.33. The summed E-state index contributed by atoms with van der Waals surface area (Å²) in [5, 5.41) is 15.2. The molecule has 192 valence electrons. The lowest BCUT2D eigenvalue weighted by atomic mass is 9.92. The van der Waals surface area contributed by atoms with Gasteiger partial charge in [-0.1, -0.05) is 48.0 Å². The van der Waals surface area contributed by atoms with Gasteiger partial charge in [-0.3, -0.25) is 14.4 Å². The van der Waals surface area contributed by atoms with Crippen LogP contribution in [-0.4, -0.2) is 75.8 Å². The van der Waals surface area contributed by atoms with Crippen LogP contribution in [0.1, 0.15) is 12.0 Å². The molecular weight excluding hydrogens is 501 g/mol. The van der Waals surface area contributed by atoms with E-state index in [4.69, 9.17) is 11.6 Å². The van der Waals surface area contributed by atoms with Gasteiger partial charge >= 0.3 is 11.8 Å². The van der Waals surface area contributed by atoms with Crippen molar-refractivity contribution in [3.8, 4) is 5.69 Å². The van der Waals surface area contributed by atoms with E-state index in [1.165, 1.54) is 38.9 Å². The number of nitrogens with zero attached hydrogens (tertiary/aromatic N) is 5. The third-order valence-corrected chi connectivity index (χ3v) is 7.26. The second kappa shape index (κ2) is 9.95. The molecule has 5 rings (SSSR count). The Hall–Kier alpha value is -3.76. The van der Waals surface area contributed by atoms with Gasteiger partial charge in [-0.15, -0.1) is 0 Å². The summed E-state index contributed by atoms with van der Waals surface area (Å²) in [6.07, 6.45) is 1.66. The van der Waals surface area contributed by atoms with Gasteiger partial charge in [0, 0.05) is 38.3 Å². The molecule has 2 fully saturated rings. The number of hydrogen-bond donors (Lipinski definition) is 1. The molecule has 2 amide bonds. The smallest absolute Gasteiger partial charge is 0.312 e. The molecule has 2 aliphatic rings. The van der Waals surface area contributed by atoms with E-state index < -0.39 is 28.8 Å². The van der Waals surface area contributed by atoms with Crippen LogP contribution in [0.25, 0.3) is 5.69 Å². The summed E-state index contributed by atoms with van der Waals surface area (Å²) in [6, 6.07) is 14.8. The molecule has 1 N–H and O–H groups in total. The highest BCUT2D eigenvalue weighted by Gasteiger charge is 2.43. The first-order valence-corrected chi connectivity index (χ1v) is 12.3. The van der Waals surface area contributed by atoms with Crippen LogP contribution >= 0.6 is 11.6 Å². The van der Waals surface area contributed by atoms with Gasteiger partial charge in [-0.25, -0.2) is 4.39 Å². The quantitative estimate of drug-likeness (QED) is 0.524. The van der Waals surface area contributed by atoms with Gasteiger partial charge in [-0.2, -0.15) is 9.78 Å². The number of β-amino-alcohol motifs (C(OH)–C–C–N with tert-alkyl or cyclic N) is 1. The maximum absolute atomic E-state index is 14.2. The molecule has 1 atom stereocenters. The number of carbonyl (C=O) groups is 2. The molecule has 2 aliphatic heterocycles. The molecule has 0 bridgehead atoms. The minimum absolute atomic E-state index is 0.0270. The average molecular weight is 526 g/mol. The van der Waals surface area contributed by atoms with Gasteiger partial charge in [0.05, 0.1) is 24.1 Å². The lowest BCUT2D eigenvalue weighted by Crippen LogP contribution is -2.53. The highest BCUT2D eigenvalue weighted by atomic mass is 35.5. The van der Waals surface area contributed by atoms with Crippen LogP contribution in [0, 0.1) is 5.82 Å². The van der Waals surface area contributed by atoms with Crippen molar-refractivity contribution in [2.24, 2.45) is 0 Å². The Kier molecular flexibility index (Phi) is 6.70. The summed E-state index contributed by atoms with van der Waals surface area (Å²) < 4.78 is 15.4. The second-order valence-electron chi connectivity index (χ2n) is 9.16. The minimum Gasteiger partial charge on any atom is -0.383 e. The van der Waals surface area contributed by atoms with E-state index in [1.807, 2.05) is 11.0 Å². The maximum Gasteiger partial charge on any atom is 0.312 e. The summed E-state index contributed by atoms with van der Waals surface area (Å²) in [7, 11) is 0. The monoisotopic (exact) mass is 525 g/mol. The third kappa shape index (κ3) is 4.70. The van der Waals surface area contributed by atoms with Gasteiger partial charge in [0.2, 0.25) is 0 Å². The molecule has 0 saturated carbocycles. The Morgan fingerprint density at radius 1 is 0.919 bits per heavy atom. The van der Waals surface area contributed by atoms with Crippen molar-refractivity contribution in [2.75, 3.05) is 44.2 Å². The molecule has 3 heterocycles. The number of likely N-dealkylation sites (tertiary alicyclic amines) is 1. The zero-order valence-electron chi connectivity index (χ0n) is 19.9. The van der Waals surface area contributed by atoms with Gasteiger partial charge in [-0.05, 0) is 24.6 Å². The topological polar surface area (TPSA) is 99.0 Å². The predicted octanol–water partition coefficient (Wildman–Crippen LogP) is 1.79. The van der Waals surface area contributed by atoms with E-state index in [-0.39, 0.29) is 43.2 Å². The van der Waals surface area contributed by atoms with Crippen LogP contribution in [0.2, 0.25) is 5.02 Å². The summed E-state index contributed by atoms with van der Waals surface area (Å²) in [5.41, 5.74) is -0.809. The molecule has 2 saturated heterocycles. The van der Waals surface area contributed by atoms with E-state index >= 15 is 0 Å². The van der Waals surface area contributed by atoms with E-state index in [2.05, 4.69) is 5.10 Å². The van der Waals surface area contributed by atoms with E-state index in [0.29, 0.717) is 24.5 Å². The number of benzene rings is 2. The summed E-state index contributed by atoms with van der Waals surface area (Å²) in [5.74, 6) is -1.96. The lowest BCUT2D eigenvalue weighted by Gasteiger charge is -2.36. The van der Waals surface area contributed by atoms with Crippen LogP contribution in [-0.2, 0) is 15.2 Å². The maximum atomic E-state index is 14.2. The number of anilines is 1. The van der Waals surface area contributed by atoms with Gasteiger partial charge in [0.1, 0.15) is 16.4 Å². The highest BCUT2D eigenvalue weighted by Crippen LogP contribution is 2.33. The lowest BCUT2D eigenvalue weighted by molar-refractivity contribution is -0.151. The van der Waals surface area contributed by atoms with Crippen molar-refractivity contribution < 1.29 is 19.1 Å². The Balaban J connectivity index is 1.22. The van der Waals surface area contributed by atoms with Crippen molar-refractivity contribution in [2.45, 2.75) is 12.0 Å². The van der Waals surface area contributed by atoms with Gasteiger partial charge in [0.25, 0.3) is 5.56 Å². The Morgan fingerprint density at radius 3 is 2.27 bits per heavy atom. The van der Waals surface area contributed by atoms with Crippen molar-refractivity contribution in [3.63, 3.8) is 0 Å². The predicted molar refractivity (Wildman–Crippen MR) is 135 cm³/mol. The Morgan fingerprint density at radius 2 is 1.57 bits per heavy atom. The number of rotatable bonds is 3. The minimum atomic E-state index is -1.54. The first kappa shape index (κ1) is 24.9. The van der Waals surface area contributed by atoms with Gasteiger partial charge in [0.15, 0.2) is 0 Å². The molecule has 0 aliphatic carbocycles. The number of halogens is 2. The molecule has 9 nitrogen and oxygen atoms in total. The van der Waals surface area contributed by atoms with E-state index in [1.54, 1.807) is 30.3 Å². The van der Waals surface area contributed by atoms with Gasteiger partial charge < -0.3 is 19.8 Å². The number of carbonyl (C=O) groups excluding carboxylic acids is 2. The fourth-order valence-electron chi connectivity index (χ4n) is 4.84. The molecule has 3 aromatic rings. The van der Waals surface area contributed by atoms with E-state index in [0.717, 1.165) is 0 Å². The van der Waals surface area contributed by atoms with Crippen LogP contribution in [0.3, 0.4) is 0 Å². The summed E-state index contributed by atoms with van der Waals surface area (Å²) >= 11 is 6.40. The molecule has 0 spiro atoms. The van der Waals surface area contributed by atoms with Crippen LogP contribution in [0.15, 0.2) is 65.6 Å². The zero-order valence-corrected chi connectivity index (χ0v) is 20.6. The van der Waals surface area contributed by atoms with Crippen molar-refractivity contribution in [1.82, 2.24) is 19.6 Å². The van der Waals surface area contributed by atoms with Crippen LogP contribution < -0.4 is 10.5 Å². The highest BCUT2D eigenvalue weighted by molar-refractivity contribution is 6.35. The first-order chi connectivity index (χ1) is 17.8. The molecule has 11 heteroatoms. The summed E-state index contributed by atoms with van der Waals surface area (Å²) in [4.78, 5) is 43.2. The van der Waals surface area contributed by atoms with Crippen molar-refractivity contribution >= 4 is 29.1 Å². The third-order valence-electron chi connectivity index (χ3n) is 6.90. The Bertz CT molecular complexity index is 1390. The molecule has 1 aromatic heterocycles. The molecule has 0 radical (unpaired) electrons. The van der Waals surface area contributed by atoms with Crippen molar-refractivity contribution in [1.29, 1.82) is 0 Å². The van der Waals surface area contributed by atoms with Crippen LogP contribution in [0.4, 0.5) is 10.1 Å². The molecule has 1 unspecified atom stereocenters. The van der Waals surface area contributed by atoms with Crippen LogP contribution in [0.5, 0.6) is 0 Å². The molecular formula is C26H25ClFN5O4. The Labute approximate surface area is 217 Å². The molecule has 37 heavy (non-hydrogen) atoms. The van der Waals surface area contributed by atoms with E-state index in [9.17, 15) is 23.9 Å². The number of para-hydroxylation sites is 1. The zero-order chi connectivity index (χ0) is 26.2. The number of piperazine rings is 1. The molecule has 2 aromatic carbocycles. The number of amides is 2. The fourth-order valence-corrected chi connectivity index (χ4v) is 5.09. The SMILES string of the molecule is O=C(C(=O)N1CCC(O)(c2ccccc2F)C1)N1CCN(c2cnn(-c3ccccc3)c(=O)c2Cl)CC1. The second-order valence-corrected chi connectivity index (χ2v) is 9.54. The normalized spacial score (nSPS) is 19.8. The standard InChI is InChI=1S/C26H25ClFN5O4/c27-22-21(16-29-33(23(22)34)18-6-2-1-3-7-18)30-12-14-31(15-13-30)24(35)25(36)32-11-10-26(37,17-32)19-8-4-5-9-20(19)28/h1-9,16,37H,10-15,17H2. The first-order valence-electron chi connectivity index (χ1n) is 11.9. The number of aliphatic hydroxyl groups is 1. The number of aromatic nitrogens is 2. The largest absolute Gasteiger partial charge is 0.383 e. The fraction of sp³-hybridized carbons (Fsp3) is 0.308.